The molecule has 0 saturated carbocycles. The summed E-state index contributed by atoms with van der Waals surface area (Å²) in [6, 6.07) is 6.42. The van der Waals surface area contributed by atoms with Gasteiger partial charge in [-0.15, -0.1) is 0 Å². The number of aromatic carboxylic acids is 1. The van der Waals surface area contributed by atoms with Crippen LogP contribution in [0.2, 0.25) is 0 Å². The maximum absolute atomic E-state index is 10.7. The molecule has 1 aromatic carbocycles. The van der Waals surface area contributed by atoms with Gasteiger partial charge < -0.3 is 15.5 Å². The van der Waals surface area contributed by atoms with Gasteiger partial charge in [0.1, 0.15) is 0 Å². The molecule has 5 heteroatoms. The molecule has 0 bridgehead atoms. The van der Waals surface area contributed by atoms with Gasteiger partial charge in [-0.1, -0.05) is 6.07 Å². The predicted molar refractivity (Wildman–Crippen MR) is 63.4 cm³/mol. The van der Waals surface area contributed by atoms with E-state index in [2.05, 4.69) is 5.32 Å². The molecule has 0 spiro atoms. The number of benzene rings is 1. The van der Waals surface area contributed by atoms with Crippen molar-refractivity contribution in [1.29, 1.82) is 0 Å². The van der Waals surface area contributed by atoms with Crippen LogP contribution < -0.4 is 5.32 Å². The SMILES string of the molecule is CC(CCC(=O)O)Nc1cccc(C(=O)O)c1. The molecular weight excluding hydrogens is 222 g/mol. The van der Waals surface area contributed by atoms with Crippen LogP contribution in [0.4, 0.5) is 5.69 Å². The van der Waals surface area contributed by atoms with E-state index in [1.54, 1.807) is 12.1 Å². The number of hydrogen-bond acceptors (Lipinski definition) is 3. The van der Waals surface area contributed by atoms with Crippen LogP contribution in [0.25, 0.3) is 0 Å². The van der Waals surface area contributed by atoms with E-state index < -0.39 is 11.9 Å². The molecule has 0 radical (unpaired) electrons. The molecule has 0 saturated heterocycles. The quantitative estimate of drug-likeness (QED) is 0.704. The second kappa shape index (κ2) is 5.89. The molecule has 0 aliphatic carbocycles. The van der Waals surface area contributed by atoms with E-state index >= 15 is 0 Å². The lowest BCUT2D eigenvalue weighted by Crippen LogP contribution is -2.16. The molecule has 0 fully saturated rings. The van der Waals surface area contributed by atoms with Gasteiger partial charge in [0.15, 0.2) is 0 Å². The fraction of sp³-hybridized carbons (Fsp3) is 0.333. The zero-order valence-corrected chi connectivity index (χ0v) is 9.51. The maximum atomic E-state index is 10.7. The summed E-state index contributed by atoms with van der Waals surface area (Å²) in [7, 11) is 0. The number of hydrogen-bond donors (Lipinski definition) is 3. The van der Waals surface area contributed by atoms with Gasteiger partial charge in [0.25, 0.3) is 0 Å². The number of anilines is 1. The van der Waals surface area contributed by atoms with Crippen molar-refractivity contribution >= 4 is 17.6 Å². The predicted octanol–water partition coefficient (Wildman–Crippen LogP) is 2.05. The molecule has 0 amide bonds. The Balaban J connectivity index is 2.58. The van der Waals surface area contributed by atoms with Gasteiger partial charge in [0.05, 0.1) is 5.56 Å². The summed E-state index contributed by atoms with van der Waals surface area (Å²) in [4.78, 5) is 21.1. The van der Waals surface area contributed by atoms with E-state index in [-0.39, 0.29) is 18.0 Å². The van der Waals surface area contributed by atoms with E-state index in [9.17, 15) is 9.59 Å². The highest BCUT2D eigenvalue weighted by molar-refractivity contribution is 5.88. The van der Waals surface area contributed by atoms with Gasteiger partial charge in [-0.3, -0.25) is 4.79 Å². The average molecular weight is 237 g/mol. The largest absolute Gasteiger partial charge is 0.481 e. The number of nitrogens with one attached hydrogen (secondary N) is 1. The van der Waals surface area contributed by atoms with Crippen molar-refractivity contribution in [3.63, 3.8) is 0 Å². The lowest BCUT2D eigenvalue weighted by Gasteiger charge is -2.14. The molecule has 0 aliphatic heterocycles. The van der Waals surface area contributed by atoms with Crippen LogP contribution in [0.15, 0.2) is 24.3 Å². The first kappa shape index (κ1) is 13.0. The second-order valence-electron chi connectivity index (χ2n) is 3.86. The molecule has 1 aromatic rings. The van der Waals surface area contributed by atoms with Crippen LogP contribution in [-0.4, -0.2) is 28.2 Å². The van der Waals surface area contributed by atoms with Crippen molar-refractivity contribution in [3.8, 4) is 0 Å². The summed E-state index contributed by atoms with van der Waals surface area (Å²) in [6.45, 7) is 1.86. The number of carbonyl (C=O) groups is 2. The van der Waals surface area contributed by atoms with E-state index in [0.29, 0.717) is 12.1 Å². The first-order valence-electron chi connectivity index (χ1n) is 5.30. The molecule has 1 atom stereocenters. The Kier molecular flexibility index (Phi) is 4.51. The van der Waals surface area contributed by atoms with Crippen LogP contribution in [0.3, 0.4) is 0 Å². The molecule has 0 heterocycles. The topological polar surface area (TPSA) is 86.6 Å². The first-order valence-corrected chi connectivity index (χ1v) is 5.30. The zero-order chi connectivity index (χ0) is 12.8. The molecule has 3 N–H and O–H groups in total. The van der Waals surface area contributed by atoms with Crippen LogP contribution >= 0.6 is 0 Å². The molecule has 1 rings (SSSR count). The van der Waals surface area contributed by atoms with Crippen molar-refractivity contribution in [1.82, 2.24) is 0 Å². The highest BCUT2D eigenvalue weighted by Crippen LogP contribution is 2.13. The smallest absolute Gasteiger partial charge is 0.335 e. The van der Waals surface area contributed by atoms with E-state index in [4.69, 9.17) is 10.2 Å². The molecule has 92 valence electrons. The van der Waals surface area contributed by atoms with Crippen molar-refractivity contribution in [2.45, 2.75) is 25.8 Å². The summed E-state index contributed by atoms with van der Waals surface area (Å²) < 4.78 is 0. The lowest BCUT2D eigenvalue weighted by atomic mass is 10.1. The Morgan fingerprint density at radius 3 is 2.65 bits per heavy atom. The summed E-state index contributed by atoms with van der Waals surface area (Å²) >= 11 is 0. The number of rotatable bonds is 6. The minimum absolute atomic E-state index is 0.0184. The van der Waals surface area contributed by atoms with Gasteiger partial charge in [-0.25, -0.2) is 4.79 Å². The average Bonchev–Trinajstić information content (AvgIpc) is 2.26. The number of aliphatic carboxylic acids is 1. The van der Waals surface area contributed by atoms with Crippen LogP contribution in [0, 0.1) is 0 Å². The van der Waals surface area contributed by atoms with Crippen LogP contribution in [0.1, 0.15) is 30.1 Å². The van der Waals surface area contributed by atoms with Gasteiger partial charge >= 0.3 is 11.9 Å². The van der Waals surface area contributed by atoms with E-state index in [0.717, 1.165) is 0 Å². The minimum Gasteiger partial charge on any atom is -0.481 e. The zero-order valence-electron chi connectivity index (χ0n) is 9.51. The number of carboxylic acid groups (broad SMARTS) is 2. The Hall–Kier alpha value is -2.04. The van der Waals surface area contributed by atoms with Gasteiger partial charge in [-0.2, -0.15) is 0 Å². The summed E-state index contributed by atoms with van der Waals surface area (Å²) in [5.74, 6) is -1.82. The number of carboxylic acids is 2. The molecule has 5 nitrogen and oxygen atoms in total. The fourth-order valence-electron chi connectivity index (χ4n) is 1.44. The third kappa shape index (κ3) is 4.55. The Morgan fingerprint density at radius 2 is 2.06 bits per heavy atom. The highest BCUT2D eigenvalue weighted by atomic mass is 16.4. The minimum atomic E-state index is -0.980. The van der Waals surface area contributed by atoms with E-state index in [1.165, 1.54) is 12.1 Å². The Bertz CT molecular complexity index is 417. The Labute approximate surface area is 99.1 Å². The van der Waals surface area contributed by atoms with Crippen LogP contribution in [0.5, 0.6) is 0 Å². The summed E-state index contributed by atoms with van der Waals surface area (Å²) in [6.07, 6.45) is 0.583. The molecule has 1 unspecified atom stereocenters. The van der Waals surface area contributed by atoms with E-state index in [1.807, 2.05) is 6.92 Å². The standard InChI is InChI=1S/C12H15NO4/c1-8(5-6-11(14)15)13-10-4-2-3-9(7-10)12(16)17/h2-4,7-8,13H,5-6H2,1H3,(H,14,15)(H,16,17). The first-order chi connectivity index (χ1) is 7.99. The van der Waals surface area contributed by atoms with Crippen LogP contribution in [-0.2, 0) is 4.79 Å². The molecule has 17 heavy (non-hydrogen) atoms. The second-order valence-corrected chi connectivity index (χ2v) is 3.86. The Morgan fingerprint density at radius 1 is 1.35 bits per heavy atom. The normalized spacial score (nSPS) is 11.8. The molecule has 0 aromatic heterocycles. The van der Waals surface area contributed by atoms with Gasteiger partial charge in [0, 0.05) is 18.2 Å². The third-order valence-electron chi connectivity index (χ3n) is 2.31. The van der Waals surface area contributed by atoms with Crippen molar-refractivity contribution in [2.75, 3.05) is 5.32 Å². The van der Waals surface area contributed by atoms with Crippen molar-refractivity contribution in [3.05, 3.63) is 29.8 Å². The monoisotopic (exact) mass is 237 g/mol. The lowest BCUT2D eigenvalue weighted by molar-refractivity contribution is -0.137. The van der Waals surface area contributed by atoms with Crippen molar-refractivity contribution in [2.24, 2.45) is 0 Å². The summed E-state index contributed by atoms with van der Waals surface area (Å²) in [5, 5.41) is 20.4. The molecule has 0 aliphatic rings. The third-order valence-corrected chi connectivity index (χ3v) is 2.31. The maximum Gasteiger partial charge on any atom is 0.335 e. The molecular formula is C12H15NO4. The highest BCUT2D eigenvalue weighted by Gasteiger charge is 2.07. The fourth-order valence-corrected chi connectivity index (χ4v) is 1.44. The van der Waals surface area contributed by atoms with Gasteiger partial charge in [0.2, 0.25) is 0 Å². The van der Waals surface area contributed by atoms with Gasteiger partial charge in [-0.05, 0) is 31.5 Å². The summed E-state index contributed by atoms with van der Waals surface area (Å²) in [5.41, 5.74) is 0.892. The van der Waals surface area contributed by atoms with Crippen molar-refractivity contribution < 1.29 is 19.8 Å².